The van der Waals surface area contributed by atoms with Gasteiger partial charge in [-0.1, -0.05) is 24.3 Å². The molecule has 1 aliphatic heterocycles. The standard InChI is InChI=1S/C26H28N2O2/c1-4-30-25-10-8-21(15-19(25)3)20-7-9-24(18(2)14-20)26(29)28-13-11-23(17-28)22-6-5-12-27-16-22/h5-10,12,14-16,23H,4,11,13,17H2,1-3H3. The average Bonchev–Trinajstić information content (AvgIpc) is 3.26. The summed E-state index contributed by atoms with van der Waals surface area (Å²) in [5.41, 5.74) is 6.37. The van der Waals surface area contributed by atoms with Crippen molar-refractivity contribution < 1.29 is 9.53 Å². The molecule has 0 radical (unpaired) electrons. The van der Waals surface area contributed by atoms with Crippen molar-refractivity contribution in [2.45, 2.75) is 33.1 Å². The van der Waals surface area contributed by atoms with E-state index in [1.54, 1.807) is 6.20 Å². The molecule has 1 aromatic heterocycles. The fourth-order valence-corrected chi connectivity index (χ4v) is 4.23. The number of rotatable bonds is 5. The van der Waals surface area contributed by atoms with Gasteiger partial charge in [0.1, 0.15) is 5.75 Å². The van der Waals surface area contributed by atoms with Crippen LogP contribution in [0.2, 0.25) is 0 Å². The van der Waals surface area contributed by atoms with Crippen LogP contribution in [0.3, 0.4) is 0 Å². The Hall–Kier alpha value is -3.14. The number of likely N-dealkylation sites (tertiary alicyclic amines) is 1. The second-order valence-electron chi connectivity index (χ2n) is 7.97. The van der Waals surface area contributed by atoms with Gasteiger partial charge >= 0.3 is 0 Å². The predicted octanol–water partition coefficient (Wildman–Crippen LogP) is 5.39. The van der Waals surface area contributed by atoms with Crippen LogP contribution in [0.25, 0.3) is 11.1 Å². The second kappa shape index (κ2) is 8.70. The third-order valence-corrected chi connectivity index (χ3v) is 5.90. The molecule has 1 unspecified atom stereocenters. The first-order valence-electron chi connectivity index (χ1n) is 10.6. The number of pyridine rings is 1. The maximum Gasteiger partial charge on any atom is 0.254 e. The molecule has 0 spiro atoms. The monoisotopic (exact) mass is 400 g/mol. The summed E-state index contributed by atoms with van der Waals surface area (Å²) in [4.78, 5) is 19.4. The normalized spacial score (nSPS) is 16.0. The molecule has 1 fully saturated rings. The Bertz CT molecular complexity index is 1050. The van der Waals surface area contributed by atoms with Gasteiger partial charge in [0.15, 0.2) is 0 Å². The van der Waals surface area contributed by atoms with Crippen molar-refractivity contribution >= 4 is 5.91 Å². The molecular formula is C26H28N2O2. The Morgan fingerprint density at radius 1 is 1.10 bits per heavy atom. The average molecular weight is 401 g/mol. The van der Waals surface area contributed by atoms with Crippen LogP contribution in [0.5, 0.6) is 5.75 Å². The van der Waals surface area contributed by atoms with Gasteiger partial charge in [-0.3, -0.25) is 9.78 Å². The molecule has 0 N–H and O–H groups in total. The van der Waals surface area contributed by atoms with Gasteiger partial charge in [0.2, 0.25) is 0 Å². The lowest BCUT2D eigenvalue weighted by atomic mass is 9.98. The summed E-state index contributed by atoms with van der Waals surface area (Å²) in [5, 5.41) is 0. The highest BCUT2D eigenvalue weighted by Crippen LogP contribution is 2.30. The Morgan fingerprint density at radius 2 is 1.87 bits per heavy atom. The third-order valence-electron chi connectivity index (χ3n) is 5.90. The number of hydrogen-bond acceptors (Lipinski definition) is 3. The number of carbonyl (C=O) groups is 1. The van der Waals surface area contributed by atoms with Crippen LogP contribution in [0.15, 0.2) is 60.9 Å². The first-order chi connectivity index (χ1) is 14.6. The number of nitrogens with zero attached hydrogens (tertiary/aromatic N) is 2. The Balaban J connectivity index is 1.51. The van der Waals surface area contributed by atoms with E-state index in [1.807, 2.05) is 49.2 Å². The molecule has 154 valence electrons. The molecule has 1 amide bonds. The molecular weight excluding hydrogens is 372 g/mol. The predicted molar refractivity (Wildman–Crippen MR) is 120 cm³/mol. The highest BCUT2D eigenvalue weighted by atomic mass is 16.5. The summed E-state index contributed by atoms with van der Waals surface area (Å²) in [6.45, 7) is 8.28. The van der Waals surface area contributed by atoms with Crippen LogP contribution in [0, 0.1) is 13.8 Å². The molecule has 1 saturated heterocycles. The number of aryl methyl sites for hydroxylation is 2. The lowest BCUT2D eigenvalue weighted by Crippen LogP contribution is -2.29. The molecule has 2 heterocycles. The fraction of sp³-hybridized carbons (Fsp3) is 0.308. The number of hydrogen-bond donors (Lipinski definition) is 0. The molecule has 0 bridgehead atoms. The fourth-order valence-electron chi connectivity index (χ4n) is 4.23. The van der Waals surface area contributed by atoms with Gasteiger partial charge in [-0.25, -0.2) is 0 Å². The van der Waals surface area contributed by atoms with Crippen molar-refractivity contribution in [3.8, 4) is 16.9 Å². The van der Waals surface area contributed by atoms with Crippen LogP contribution in [0.1, 0.15) is 46.3 Å². The summed E-state index contributed by atoms with van der Waals surface area (Å²) in [7, 11) is 0. The van der Waals surface area contributed by atoms with Gasteiger partial charge in [-0.15, -0.1) is 0 Å². The van der Waals surface area contributed by atoms with E-state index in [0.717, 1.165) is 53.1 Å². The van der Waals surface area contributed by atoms with Gasteiger partial charge in [-0.2, -0.15) is 0 Å². The van der Waals surface area contributed by atoms with E-state index in [4.69, 9.17) is 4.74 Å². The van der Waals surface area contributed by atoms with Crippen molar-refractivity contribution in [1.29, 1.82) is 0 Å². The molecule has 4 rings (SSSR count). The van der Waals surface area contributed by atoms with Crippen LogP contribution < -0.4 is 4.74 Å². The zero-order chi connectivity index (χ0) is 21.1. The van der Waals surface area contributed by atoms with Gasteiger partial charge in [0.05, 0.1) is 6.61 Å². The third kappa shape index (κ3) is 4.09. The highest BCUT2D eigenvalue weighted by Gasteiger charge is 2.28. The minimum Gasteiger partial charge on any atom is -0.494 e. The largest absolute Gasteiger partial charge is 0.494 e. The smallest absolute Gasteiger partial charge is 0.254 e. The molecule has 2 aromatic carbocycles. The second-order valence-corrected chi connectivity index (χ2v) is 7.97. The summed E-state index contributed by atoms with van der Waals surface area (Å²) in [5.74, 6) is 1.41. The van der Waals surface area contributed by atoms with Crippen LogP contribution in [-0.2, 0) is 0 Å². The van der Waals surface area contributed by atoms with Crippen LogP contribution in [0.4, 0.5) is 0 Å². The van der Waals surface area contributed by atoms with Crippen LogP contribution in [-0.4, -0.2) is 35.5 Å². The SMILES string of the molecule is CCOc1ccc(-c2ccc(C(=O)N3CCC(c4cccnc4)C3)c(C)c2)cc1C. The van der Waals surface area contributed by atoms with Crippen molar-refractivity contribution in [3.63, 3.8) is 0 Å². The number of aromatic nitrogens is 1. The quantitative estimate of drug-likeness (QED) is 0.576. The van der Waals surface area contributed by atoms with E-state index in [1.165, 1.54) is 5.56 Å². The molecule has 4 heteroatoms. The summed E-state index contributed by atoms with van der Waals surface area (Å²) < 4.78 is 5.65. The van der Waals surface area contributed by atoms with E-state index in [2.05, 4.69) is 36.2 Å². The lowest BCUT2D eigenvalue weighted by Gasteiger charge is -2.18. The topological polar surface area (TPSA) is 42.4 Å². The zero-order valence-corrected chi connectivity index (χ0v) is 17.9. The summed E-state index contributed by atoms with van der Waals surface area (Å²) in [6, 6.07) is 16.4. The minimum absolute atomic E-state index is 0.119. The van der Waals surface area contributed by atoms with Crippen molar-refractivity contribution in [2.24, 2.45) is 0 Å². The number of ether oxygens (including phenoxy) is 1. The molecule has 1 atom stereocenters. The summed E-state index contributed by atoms with van der Waals surface area (Å²) >= 11 is 0. The molecule has 30 heavy (non-hydrogen) atoms. The molecule has 0 aliphatic carbocycles. The summed E-state index contributed by atoms with van der Waals surface area (Å²) in [6.07, 6.45) is 4.69. The lowest BCUT2D eigenvalue weighted by molar-refractivity contribution is 0.0790. The van der Waals surface area contributed by atoms with E-state index in [9.17, 15) is 4.79 Å². The maximum absolute atomic E-state index is 13.2. The number of amides is 1. The van der Waals surface area contributed by atoms with Gasteiger partial charge in [0.25, 0.3) is 5.91 Å². The van der Waals surface area contributed by atoms with E-state index in [0.29, 0.717) is 12.5 Å². The van der Waals surface area contributed by atoms with Gasteiger partial charge < -0.3 is 9.64 Å². The Kier molecular flexibility index (Phi) is 5.84. The van der Waals surface area contributed by atoms with Crippen molar-refractivity contribution in [2.75, 3.05) is 19.7 Å². The van der Waals surface area contributed by atoms with Crippen molar-refractivity contribution in [1.82, 2.24) is 9.88 Å². The molecule has 0 saturated carbocycles. The number of carbonyl (C=O) groups excluding carboxylic acids is 1. The Labute approximate surface area is 178 Å². The maximum atomic E-state index is 13.2. The first kappa shape index (κ1) is 20.1. The molecule has 1 aliphatic rings. The van der Waals surface area contributed by atoms with Gasteiger partial charge in [-0.05, 0) is 79.3 Å². The van der Waals surface area contributed by atoms with Gasteiger partial charge in [0, 0.05) is 37.0 Å². The first-order valence-corrected chi connectivity index (χ1v) is 10.6. The molecule has 4 nitrogen and oxygen atoms in total. The van der Waals surface area contributed by atoms with Crippen LogP contribution >= 0.6 is 0 Å². The molecule has 3 aromatic rings. The van der Waals surface area contributed by atoms with Crippen molar-refractivity contribution in [3.05, 3.63) is 83.2 Å². The van der Waals surface area contributed by atoms with E-state index in [-0.39, 0.29) is 5.91 Å². The minimum atomic E-state index is 0.119. The van der Waals surface area contributed by atoms with E-state index < -0.39 is 0 Å². The zero-order valence-electron chi connectivity index (χ0n) is 17.9. The Morgan fingerprint density at radius 3 is 2.53 bits per heavy atom. The number of benzene rings is 2. The highest BCUT2D eigenvalue weighted by molar-refractivity contribution is 5.96. The van der Waals surface area contributed by atoms with E-state index >= 15 is 0 Å².